The maximum Gasteiger partial charge on any atom is 0.379 e. The van der Waals surface area contributed by atoms with E-state index in [-0.39, 0.29) is 0 Å². The highest BCUT2D eigenvalue weighted by atomic mass is 19.3. The predicted octanol–water partition coefficient (Wildman–Crippen LogP) is 0.764. The first-order valence-corrected chi connectivity index (χ1v) is 2.07. The monoisotopic (exact) mass is 142 g/mol. The minimum Gasteiger partial charge on any atom is -0.465 e. The van der Waals surface area contributed by atoms with Gasteiger partial charge in [0.1, 0.15) is 0 Å². The van der Waals surface area contributed by atoms with Crippen LogP contribution in [-0.2, 0) is 9.53 Å². The van der Waals surface area contributed by atoms with Crippen LogP contribution >= 0.6 is 0 Å². The lowest BCUT2D eigenvalue weighted by atomic mass is 10.4. The number of carbonyl (C=O) groups excluding carboxylic acids is 1. The first-order chi connectivity index (χ1) is 4.04. The van der Waals surface area contributed by atoms with E-state index in [9.17, 15) is 18.0 Å². The molecular formula is C4H5F3O2. The van der Waals surface area contributed by atoms with Crippen molar-refractivity contribution in [2.75, 3.05) is 13.8 Å². The van der Waals surface area contributed by atoms with E-state index < -0.39 is 18.6 Å². The first-order valence-electron chi connectivity index (χ1n) is 2.07. The summed E-state index contributed by atoms with van der Waals surface area (Å²) in [6, 6.07) is 0. The highest BCUT2D eigenvalue weighted by Gasteiger charge is 2.40. The van der Waals surface area contributed by atoms with Gasteiger partial charge in [0.15, 0.2) is 6.67 Å². The summed E-state index contributed by atoms with van der Waals surface area (Å²) in [4.78, 5) is 9.85. The fraction of sp³-hybridized carbons (Fsp3) is 0.750. The number of alkyl halides is 3. The Morgan fingerprint density at radius 2 is 2.11 bits per heavy atom. The van der Waals surface area contributed by atoms with Crippen LogP contribution in [0.5, 0.6) is 0 Å². The second kappa shape index (κ2) is 2.70. The predicted molar refractivity (Wildman–Crippen MR) is 22.9 cm³/mol. The molecule has 0 N–H and O–H groups in total. The SMILES string of the molecule is COC(=O)C(F)(F)CF. The topological polar surface area (TPSA) is 26.3 Å². The van der Waals surface area contributed by atoms with Crippen LogP contribution in [0, 0.1) is 0 Å². The lowest BCUT2D eigenvalue weighted by molar-refractivity contribution is -0.170. The zero-order chi connectivity index (χ0) is 7.49. The second-order valence-electron chi connectivity index (χ2n) is 1.33. The Morgan fingerprint density at radius 3 is 2.22 bits per heavy atom. The molecule has 54 valence electrons. The van der Waals surface area contributed by atoms with Crippen molar-refractivity contribution in [1.29, 1.82) is 0 Å². The van der Waals surface area contributed by atoms with E-state index in [0.717, 1.165) is 7.11 Å². The lowest BCUT2D eigenvalue weighted by Gasteiger charge is -2.06. The minimum absolute atomic E-state index is 0.770. The summed E-state index contributed by atoms with van der Waals surface area (Å²) in [6.45, 7) is -2.01. The first kappa shape index (κ1) is 8.26. The van der Waals surface area contributed by atoms with Crippen LogP contribution in [0.25, 0.3) is 0 Å². The van der Waals surface area contributed by atoms with Gasteiger partial charge in [-0.2, -0.15) is 8.78 Å². The molecular weight excluding hydrogens is 137 g/mol. The van der Waals surface area contributed by atoms with E-state index in [2.05, 4.69) is 4.74 Å². The molecule has 0 rings (SSSR count). The summed E-state index contributed by atoms with van der Waals surface area (Å²) in [7, 11) is 0.770. The van der Waals surface area contributed by atoms with E-state index in [1.54, 1.807) is 0 Å². The van der Waals surface area contributed by atoms with Crippen molar-refractivity contribution in [2.24, 2.45) is 0 Å². The molecule has 2 nitrogen and oxygen atoms in total. The number of methoxy groups -OCH3 is 1. The summed E-state index contributed by atoms with van der Waals surface area (Å²) < 4.78 is 38.1. The van der Waals surface area contributed by atoms with E-state index in [1.165, 1.54) is 0 Å². The molecule has 0 aliphatic carbocycles. The molecule has 0 aromatic rings. The Labute approximate surface area is 49.6 Å². The third-order valence-electron chi connectivity index (χ3n) is 0.652. The van der Waals surface area contributed by atoms with Gasteiger partial charge in [-0.3, -0.25) is 0 Å². The molecule has 0 saturated carbocycles. The Morgan fingerprint density at radius 1 is 1.67 bits per heavy atom. The Kier molecular flexibility index (Phi) is 2.48. The normalized spacial score (nSPS) is 11.1. The quantitative estimate of drug-likeness (QED) is 0.532. The van der Waals surface area contributed by atoms with Gasteiger partial charge in [0, 0.05) is 0 Å². The summed E-state index contributed by atoms with van der Waals surface area (Å²) in [5, 5.41) is 0. The van der Waals surface area contributed by atoms with E-state index in [1.807, 2.05) is 0 Å². The molecule has 0 amide bonds. The number of hydrogen-bond acceptors (Lipinski definition) is 2. The van der Waals surface area contributed by atoms with E-state index >= 15 is 0 Å². The fourth-order valence-corrected chi connectivity index (χ4v) is 0.204. The molecule has 0 aromatic heterocycles. The number of rotatable bonds is 2. The van der Waals surface area contributed by atoms with Crippen LogP contribution in [0.2, 0.25) is 0 Å². The van der Waals surface area contributed by atoms with E-state index in [0.29, 0.717) is 0 Å². The van der Waals surface area contributed by atoms with Gasteiger partial charge in [0.05, 0.1) is 7.11 Å². The largest absolute Gasteiger partial charge is 0.465 e. The molecule has 0 unspecified atom stereocenters. The molecule has 0 aromatic carbocycles. The van der Waals surface area contributed by atoms with Crippen LogP contribution in [0.4, 0.5) is 13.2 Å². The standard InChI is InChI=1S/C4H5F3O2/c1-9-3(8)4(6,7)2-5/h2H2,1H3. The number of halogens is 3. The number of hydrogen-bond donors (Lipinski definition) is 0. The van der Waals surface area contributed by atoms with Crippen molar-refractivity contribution in [3.05, 3.63) is 0 Å². The van der Waals surface area contributed by atoms with Crippen LogP contribution in [-0.4, -0.2) is 25.7 Å². The Bertz CT molecular complexity index is 112. The number of esters is 1. The fourth-order valence-electron chi connectivity index (χ4n) is 0.204. The van der Waals surface area contributed by atoms with Gasteiger partial charge >= 0.3 is 11.9 Å². The molecule has 0 aliphatic heterocycles. The molecule has 0 bridgehead atoms. The van der Waals surface area contributed by atoms with Crippen molar-refractivity contribution in [2.45, 2.75) is 5.92 Å². The molecule has 0 spiro atoms. The van der Waals surface area contributed by atoms with Crippen molar-refractivity contribution < 1.29 is 22.7 Å². The molecule has 0 fully saturated rings. The second-order valence-corrected chi connectivity index (χ2v) is 1.33. The summed E-state index contributed by atoms with van der Waals surface area (Å²) in [5.41, 5.74) is 0. The van der Waals surface area contributed by atoms with Crippen molar-refractivity contribution in [3.63, 3.8) is 0 Å². The zero-order valence-electron chi connectivity index (χ0n) is 4.66. The van der Waals surface area contributed by atoms with Gasteiger partial charge in [-0.05, 0) is 0 Å². The van der Waals surface area contributed by atoms with Crippen molar-refractivity contribution in [3.8, 4) is 0 Å². The number of ether oxygens (including phenoxy) is 1. The Hall–Kier alpha value is -0.740. The van der Waals surface area contributed by atoms with E-state index in [4.69, 9.17) is 0 Å². The maximum atomic E-state index is 11.7. The Balaban J connectivity index is 3.97. The highest BCUT2D eigenvalue weighted by Crippen LogP contribution is 2.14. The van der Waals surface area contributed by atoms with Crippen LogP contribution in [0.3, 0.4) is 0 Å². The average Bonchev–Trinajstić information content (AvgIpc) is 1.86. The average molecular weight is 142 g/mol. The summed E-state index contributed by atoms with van der Waals surface area (Å²) >= 11 is 0. The molecule has 5 heteroatoms. The lowest BCUT2D eigenvalue weighted by Crippen LogP contribution is -2.31. The minimum atomic E-state index is -3.98. The number of carbonyl (C=O) groups is 1. The van der Waals surface area contributed by atoms with Crippen molar-refractivity contribution >= 4 is 5.97 Å². The molecule has 0 saturated heterocycles. The molecule has 0 aliphatic rings. The molecule has 9 heavy (non-hydrogen) atoms. The van der Waals surface area contributed by atoms with Gasteiger partial charge in [-0.15, -0.1) is 0 Å². The molecule has 0 radical (unpaired) electrons. The highest BCUT2D eigenvalue weighted by molar-refractivity contribution is 5.77. The van der Waals surface area contributed by atoms with Gasteiger partial charge in [-0.1, -0.05) is 0 Å². The zero-order valence-corrected chi connectivity index (χ0v) is 4.66. The van der Waals surface area contributed by atoms with Crippen LogP contribution in [0.15, 0.2) is 0 Å². The third-order valence-corrected chi connectivity index (χ3v) is 0.652. The van der Waals surface area contributed by atoms with Crippen LogP contribution in [0.1, 0.15) is 0 Å². The maximum absolute atomic E-state index is 11.7. The third kappa shape index (κ3) is 1.91. The molecule has 0 heterocycles. The molecule has 0 atom stereocenters. The van der Waals surface area contributed by atoms with Gasteiger partial charge in [0.2, 0.25) is 0 Å². The van der Waals surface area contributed by atoms with Gasteiger partial charge in [-0.25, -0.2) is 9.18 Å². The smallest absolute Gasteiger partial charge is 0.379 e. The van der Waals surface area contributed by atoms with Crippen LogP contribution < -0.4 is 0 Å². The van der Waals surface area contributed by atoms with Gasteiger partial charge in [0.25, 0.3) is 0 Å². The summed E-state index contributed by atoms with van der Waals surface area (Å²) in [5.74, 6) is -5.82. The van der Waals surface area contributed by atoms with Gasteiger partial charge < -0.3 is 4.74 Å². The van der Waals surface area contributed by atoms with Crippen molar-refractivity contribution in [1.82, 2.24) is 0 Å². The summed E-state index contributed by atoms with van der Waals surface area (Å²) in [6.07, 6.45) is 0.